The second-order valence-corrected chi connectivity index (χ2v) is 6.26. The van der Waals surface area contributed by atoms with Gasteiger partial charge in [-0.05, 0) is 24.7 Å². The third-order valence-electron chi connectivity index (χ3n) is 4.53. The van der Waals surface area contributed by atoms with Crippen molar-refractivity contribution in [2.45, 2.75) is 44.6 Å². The Morgan fingerprint density at radius 2 is 2.14 bits per heavy atom. The maximum atomic E-state index is 11.9. The molecule has 1 aliphatic carbocycles. The lowest BCUT2D eigenvalue weighted by atomic mass is 9.66. The molecule has 1 saturated heterocycles. The van der Waals surface area contributed by atoms with E-state index in [0.29, 0.717) is 25.9 Å². The minimum absolute atomic E-state index is 0.0375. The highest BCUT2D eigenvalue weighted by Gasteiger charge is 2.39. The molecular weight excluding hydrogens is 274 g/mol. The van der Waals surface area contributed by atoms with Gasteiger partial charge in [-0.3, -0.25) is 9.59 Å². The minimum Gasteiger partial charge on any atom is -0.481 e. The summed E-state index contributed by atoms with van der Waals surface area (Å²) in [5.74, 6) is -0.715. The Balaban J connectivity index is 1.74. The van der Waals surface area contributed by atoms with Crippen molar-refractivity contribution < 1.29 is 19.5 Å². The van der Waals surface area contributed by atoms with Crippen LogP contribution in [0.2, 0.25) is 0 Å². The first-order valence-electron chi connectivity index (χ1n) is 7.40. The number of aliphatic carboxylic acids is 1. The van der Waals surface area contributed by atoms with Crippen LogP contribution in [-0.4, -0.2) is 54.1 Å². The Hall–Kier alpha value is -1.79. The second kappa shape index (κ2) is 6.32. The van der Waals surface area contributed by atoms with Crippen LogP contribution in [0.25, 0.3) is 0 Å². The summed E-state index contributed by atoms with van der Waals surface area (Å²) in [6.45, 7) is 0.916. The topological polar surface area (TPSA) is 98.7 Å². The van der Waals surface area contributed by atoms with Crippen LogP contribution >= 0.6 is 0 Å². The number of hydrogen-bond donors (Lipinski definition) is 3. The standard InChI is InChI=1S/C14H23N3O4/c1-17-8-10(3-4-11(17)18)16-13(21)15-9-14(5-2-6-14)7-12(19)20/h10H,2-9H2,1H3,(H,19,20)(H2,15,16,21). The summed E-state index contributed by atoms with van der Waals surface area (Å²) in [4.78, 5) is 35.8. The Kier molecular flexibility index (Phi) is 4.69. The lowest BCUT2D eigenvalue weighted by Gasteiger charge is -2.41. The molecule has 0 aromatic carbocycles. The van der Waals surface area contributed by atoms with E-state index in [4.69, 9.17) is 5.11 Å². The SMILES string of the molecule is CN1CC(NC(=O)NCC2(CC(=O)O)CCC2)CCC1=O. The van der Waals surface area contributed by atoms with E-state index >= 15 is 0 Å². The fourth-order valence-corrected chi connectivity index (χ4v) is 3.05. The molecule has 0 aromatic heterocycles. The molecule has 1 aliphatic heterocycles. The summed E-state index contributed by atoms with van der Waals surface area (Å²) in [7, 11) is 1.73. The van der Waals surface area contributed by atoms with Gasteiger partial charge in [0.05, 0.1) is 6.42 Å². The third-order valence-corrected chi connectivity index (χ3v) is 4.53. The van der Waals surface area contributed by atoms with Gasteiger partial charge in [0.2, 0.25) is 5.91 Å². The zero-order chi connectivity index (χ0) is 15.5. The summed E-state index contributed by atoms with van der Waals surface area (Å²) >= 11 is 0. The lowest BCUT2D eigenvalue weighted by Crippen LogP contribution is -2.53. The molecule has 0 spiro atoms. The number of amides is 3. The number of piperidine rings is 1. The monoisotopic (exact) mass is 297 g/mol. The fraction of sp³-hybridized carbons (Fsp3) is 0.786. The van der Waals surface area contributed by atoms with Crippen molar-refractivity contribution in [3.05, 3.63) is 0 Å². The predicted molar refractivity (Wildman–Crippen MR) is 75.7 cm³/mol. The van der Waals surface area contributed by atoms with Gasteiger partial charge < -0.3 is 20.6 Å². The molecule has 2 rings (SSSR count). The second-order valence-electron chi connectivity index (χ2n) is 6.26. The van der Waals surface area contributed by atoms with Crippen molar-refractivity contribution in [2.24, 2.45) is 5.41 Å². The van der Waals surface area contributed by atoms with E-state index in [0.717, 1.165) is 19.3 Å². The van der Waals surface area contributed by atoms with Crippen molar-refractivity contribution >= 4 is 17.9 Å². The van der Waals surface area contributed by atoms with Gasteiger partial charge in [-0.15, -0.1) is 0 Å². The average molecular weight is 297 g/mol. The van der Waals surface area contributed by atoms with Gasteiger partial charge in [-0.25, -0.2) is 4.79 Å². The Morgan fingerprint density at radius 1 is 1.43 bits per heavy atom. The first-order chi connectivity index (χ1) is 9.90. The number of nitrogens with zero attached hydrogens (tertiary/aromatic N) is 1. The van der Waals surface area contributed by atoms with Crippen LogP contribution in [0.5, 0.6) is 0 Å². The zero-order valence-electron chi connectivity index (χ0n) is 12.4. The average Bonchev–Trinajstić information content (AvgIpc) is 2.36. The van der Waals surface area contributed by atoms with E-state index in [-0.39, 0.29) is 29.8 Å². The highest BCUT2D eigenvalue weighted by atomic mass is 16.4. The smallest absolute Gasteiger partial charge is 0.315 e. The molecule has 21 heavy (non-hydrogen) atoms. The zero-order valence-corrected chi connectivity index (χ0v) is 12.4. The molecule has 1 atom stereocenters. The van der Waals surface area contributed by atoms with Gasteiger partial charge in [-0.2, -0.15) is 0 Å². The quantitative estimate of drug-likeness (QED) is 0.690. The molecule has 1 saturated carbocycles. The number of rotatable bonds is 5. The summed E-state index contributed by atoms with van der Waals surface area (Å²) in [6.07, 6.45) is 3.92. The molecule has 2 fully saturated rings. The molecule has 0 radical (unpaired) electrons. The normalized spacial score (nSPS) is 24.1. The Labute approximate surface area is 124 Å². The van der Waals surface area contributed by atoms with Gasteiger partial charge in [0.25, 0.3) is 0 Å². The summed E-state index contributed by atoms with van der Waals surface area (Å²) in [5.41, 5.74) is -0.275. The minimum atomic E-state index is -0.815. The molecule has 7 heteroatoms. The Bertz CT molecular complexity index is 434. The van der Waals surface area contributed by atoms with Gasteiger partial charge in [-0.1, -0.05) is 6.42 Å². The maximum Gasteiger partial charge on any atom is 0.315 e. The largest absolute Gasteiger partial charge is 0.481 e. The number of hydrogen-bond acceptors (Lipinski definition) is 3. The van der Waals surface area contributed by atoms with E-state index in [1.54, 1.807) is 11.9 Å². The predicted octanol–water partition coefficient (Wildman–Crippen LogP) is 0.551. The number of urea groups is 1. The number of carbonyl (C=O) groups is 3. The van der Waals surface area contributed by atoms with Crippen LogP contribution in [0.3, 0.4) is 0 Å². The first kappa shape index (κ1) is 15.6. The van der Waals surface area contributed by atoms with Crippen molar-refractivity contribution in [2.75, 3.05) is 20.1 Å². The molecule has 0 aromatic rings. The van der Waals surface area contributed by atoms with E-state index in [1.807, 2.05) is 0 Å². The molecule has 3 N–H and O–H groups in total. The molecule has 1 heterocycles. The van der Waals surface area contributed by atoms with Gasteiger partial charge in [0.1, 0.15) is 0 Å². The summed E-state index contributed by atoms with van der Waals surface area (Å²) in [6, 6.07) is -0.316. The molecule has 2 aliphatic rings. The molecular formula is C14H23N3O4. The maximum absolute atomic E-state index is 11.9. The van der Waals surface area contributed by atoms with Crippen LogP contribution in [0.15, 0.2) is 0 Å². The molecule has 1 unspecified atom stereocenters. The van der Waals surface area contributed by atoms with Gasteiger partial charge in [0, 0.05) is 32.6 Å². The summed E-state index contributed by atoms with van der Waals surface area (Å²) < 4.78 is 0. The van der Waals surface area contributed by atoms with E-state index < -0.39 is 5.97 Å². The van der Waals surface area contributed by atoms with E-state index in [9.17, 15) is 14.4 Å². The summed E-state index contributed by atoms with van der Waals surface area (Å²) in [5, 5.41) is 14.6. The van der Waals surface area contributed by atoms with Crippen molar-refractivity contribution in [3.8, 4) is 0 Å². The number of likely N-dealkylation sites (tertiary alicyclic amines) is 1. The van der Waals surface area contributed by atoms with E-state index in [1.165, 1.54) is 0 Å². The number of likely N-dealkylation sites (N-methyl/N-ethyl adjacent to an activating group) is 1. The van der Waals surface area contributed by atoms with Crippen LogP contribution in [0.1, 0.15) is 38.5 Å². The molecule has 0 bridgehead atoms. The number of carboxylic acid groups (broad SMARTS) is 1. The number of nitrogens with one attached hydrogen (secondary N) is 2. The number of carboxylic acids is 1. The van der Waals surface area contributed by atoms with Crippen LogP contribution in [0, 0.1) is 5.41 Å². The van der Waals surface area contributed by atoms with Crippen molar-refractivity contribution in [1.29, 1.82) is 0 Å². The molecule has 118 valence electrons. The van der Waals surface area contributed by atoms with Crippen LogP contribution in [0.4, 0.5) is 4.79 Å². The van der Waals surface area contributed by atoms with Crippen molar-refractivity contribution in [3.63, 3.8) is 0 Å². The van der Waals surface area contributed by atoms with Gasteiger partial charge in [0.15, 0.2) is 0 Å². The van der Waals surface area contributed by atoms with Gasteiger partial charge >= 0.3 is 12.0 Å². The van der Waals surface area contributed by atoms with Crippen LogP contribution < -0.4 is 10.6 Å². The van der Waals surface area contributed by atoms with Crippen molar-refractivity contribution in [1.82, 2.24) is 15.5 Å². The first-order valence-corrected chi connectivity index (χ1v) is 7.40. The van der Waals surface area contributed by atoms with Crippen LogP contribution in [-0.2, 0) is 9.59 Å². The highest BCUT2D eigenvalue weighted by molar-refractivity contribution is 5.78. The molecule has 7 nitrogen and oxygen atoms in total. The fourth-order valence-electron chi connectivity index (χ4n) is 3.05. The number of carbonyl (C=O) groups excluding carboxylic acids is 2. The molecule has 3 amide bonds. The lowest BCUT2D eigenvalue weighted by molar-refractivity contribution is -0.141. The van der Waals surface area contributed by atoms with E-state index in [2.05, 4.69) is 10.6 Å². The third kappa shape index (κ3) is 4.09. The highest BCUT2D eigenvalue weighted by Crippen LogP contribution is 2.43. The Morgan fingerprint density at radius 3 is 2.67 bits per heavy atom.